The minimum absolute atomic E-state index is 0. The molecule has 0 aliphatic carbocycles. The number of fused-ring (bicyclic) bond motifs is 1. The average molecular weight is 222 g/mol. The fourth-order valence-electron chi connectivity index (χ4n) is 1.63. The lowest BCUT2D eigenvalue weighted by Gasteiger charge is -2.07. The quantitative estimate of drug-likeness (QED) is 0.712. The van der Waals surface area contributed by atoms with E-state index in [0.717, 1.165) is 22.8 Å². The van der Waals surface area contributed by atoms with E-state index in [-0.39, 0.29) is 11.0 Å². The summed E-state index contributed by atoms with van der Waals surface area (Å²) in [5.74, 6) is 0. The highest BCUT2D eigenvalue weighted by atomic mass is 16.0. The van der Waals surface area contributed by atoms with Gasteiger partial charge in [0.15, 0.2) is 0 Å². The van der Waals surface area contributed by atoms with Gasteiger partial charge in [0, 0.05) is 11.4 Å². The third-order valence-electron chi connectivity index (χ3n) is 2.21. The Balaban J connectivity index is 0.00000112. The summed E-state index contributed by atoms with van der Waals surface area (Å²) in [4.78, 5) is 4.51. The fraction of sp³-hybridized carbons (Fsp3) is 0.250. The van der Waals surface area contributed by atoms with E-state index >= 15 is 0 Å². The topological polar surface area (TPSA) is 87.4 Å². The molecule has 1 heterocycles. The first-order chi connectivity index (χ1) is 6.65. The van der Waals surface area contributed by atoms with Crippen molar-refractivity contribution in [1.29, 1.82) is 0 Å². The smallest absolute Gasteiger partial charge is 0.0867 e. The molecule has 4 heteroatoms. The monoisotopic (exact) mass is 222 g/mol. The summed E-state index contributed by atoms with van der Waals surface area (Å²) in [7, 11) is 0. The van der Waals surface area contributed by atoms with Gasteiger partial charge in [-0.25, -0.2) is 0 Å². The highest BCUT2D eigenvalue weighted by Crippen LogP contribution is 2.29. The van der Waals surface area contributed by atoms with Crippen LogP contribution >= 0.6 is 0 Å². The Hall–Kier alpha value is -1.65. The predicted octanol–water partition coefficient (Wildman–Crippen LogP) is 1.77. The van der Waals surface area contributed by atoms with Crippen molar-refractivity contribution in [2.24, 2.45) is 4.99 Å². The summed E-state index contributed by atoms with van der Waals surface area (Å²) >= 11 is 0. The van der Waals surface area contributed by atoms with Crippen LogP contribution in [-0.4, -0.2) is 16.7 Å². The zero-order valence-corrected chi connectivity index (χ0v) is 9.76. The van der Waals surface area contributed by atoms with E-state index in [4.69, 9.17) is 0 Å². The van der Waals surface area contributed by atoms with Crippen LogP contribution < -0.4 is 5.32 Å². The molecule has 2 rings (SSSR count). The normalized spacial score (nSPS) is 12.9. The number of nitrogens with zero attached hydrogens (tertiary/aromatic N) is 1. The maximum absolute atomic E-state index is 4.51. The van der Waals surface area contributed by atoms with E-state index in [2.05, 4.69) is 42.4 Å². The van der Waals surface area contributed by atoms with Gasteiger partial charge in [0.05, 0.1) is 11.4 Å². The first kappa shape index (κ1) is 14.3. The lowest BCUT2D eigenvalue weighted by Crippen LogP contribution is -1.95. The summed E-state index contributed by atoms with van der Waals surface area (Å²) in [6.45, 7) is 6.15. The van der Waals surface area contributed by atoms with Crippen molar-refractivity contribution >= 4 is 17.1 Å². The molecule has 1 aliphatic heterocycles. The van der Waals surface area contributed by atoms with Crippen molar-refractivity contribution in [2.75, 3.05) is 5.32 Å². The van der Waals surface area contributed by atoms with Crippen molar-refractivity contribution in [3.63, 3.8) is 0 Å². The third kappa shape index (κ3) is 2.92. The highest BCUT2D eigenvalue weighted by Gasteiger charge is 2.05. The van der Waals surface area contributed by atoms with Gasteiger partial charge in [-0.15, -0.1) is 0 Å². The summed E-state index contributed by atoms with van der Waals surface area (Å²) in [6.07, 6.45) is 2.05. The van der Waals surface area contributed by atoms with Gasteiger partial charge in [0.25, 0.3) is 0 Å². The molecule has 0 spiro atoms. The van der Waals surface area contributed by atoms with Crippen molar-refractivity contribution in [1.82, 2.24) is 0 Å². The molecule has 0 aromatic heterocycles. The van der Waals surface area contributed by atoms with Crippen LogP contribution in [0.15, 0.2) is 35.0 Å². The number of hydrogen-bond acceptors (Lipinski definition) is 2. The zero-order chi connectivity index (χ0) is 10.1. The predicted molar refractivity (Wildman–Crippen MR) is 68.6 cm³/mol. The summed E-state index contributed by atoms with van der Waals surface area (Å²) in [6, 6.07) is 6.25. The first-order valence-electron chi connectivity index (χ1n) is 4.76. The van der Waals surface area contributed by atoms with E-state index in [1.165, 1.54) is 5.56 Å². The summed E-state index contributed by atoms with van der Waals surface area (Å²) < 4.78 is 0. The summed E-state index contributed by atoms with van der Waals surface area (Å²) in [5.41, 5.74) is 5.53. The maximum Gasteiger partial charge on any atom is 0.0867 e. The van der Waals surface area contributed by atoms with Gasteiger partial charge in [0.1, 0.15) is 0 Å². The van der Waals surface area contributed by atoms with E-state index in [9.17, 15) is 0 Å². The molecule has 4 nitrogen and oxygen atoms in total. The molecule has 1 aliphatic rings. The Morgan fingerprint density at radius 3 is 2.44 bits per heavy atom. The maximum atomic E-state index is 4.51. The van der Waals surface area contributed by atoms with Gasteiger partial charge in [-0.05, 0) is 44.5 Å². The van der Waals surface area contributed by atoms with Crippen LogP contribution in [0.25, 0.3) is 0 Å². The van der Waals surface area contributed by atoms with E-state index in [1.807, 2.05) is 13.0 Å². The highest BCUT2D eigenvalue weighted by molar-refractivity contribution is 5.98. The van der Waals surface area contributed by atoms with Crippen LogP contribution in [0.2, 0.25) is 0 Å². The largest absolute Gasteiger partial charge is 0.412 e. The average Bonchev–Trinajstić information content (AvgIpc) is 2.21. The van der Waals surface area contributed by atoms with Gasteiger partial charge in [-0.2, -0.15) is 0 Å². The number of aryl methyl sites for hydroxylation is 1. The molecule has 0 saturated heterocycles. The molecular weight excluding hydrogens is 204 g/mol. The number of allylic oxidation sites excluding steroid dienone is 2. The van der Waals surface area contributed by atoms with Crippen LogP contribution in [0.1, 0.15) is 19.4 Å². The molecule has 1 aromatic carbocycles. The molecule has 0 fully saturated rings. The number of anilines is 1. The standard InChI is InChI=1S/C12H14N2.2H2O/c1-8-4-5-11-12(6-8)14-10(3)7-9(2)13-11;;/h4-7,14H,1-3H3;2*1H2. The molecule has 5 N–H and O–H groups in total. The Morgan fingerprint density at radius 2 is 1.75 bits per heavy atom. The van der Waals surface area contributed by atoms with Crippen LogP contribution in [-0.2, 0) is 0 Å². The fourth-order valence-corrected chi connectivity index (χ4v) is 1.63. The Kier molecular flexibility index (Phi) is 4.88. The van der Waals surface area contributed by atoms with Crippen molar-refractivity contribution in [2.45, 2.75) is 20.8 Å². The van der Waals surface area contributed by atoms with Crippen LogP contribution in [0, 0.1) is 6.92 Å². The number of benzene rings is 1. The second-order valence-corrected chi connectivity index (χ2v) is 3.73. The van der Waals surface area contributed by atoms with Crippen molar-refractivity contribution in [3.8, 4) is 0 Å². The molecule has 0 unspecified atom stereocenters. The van der Waals surface area contributed by atoms with Crippen molar-refractivity contribution < 1.29 is 11.0 Å². The van der Waals surface area contributed by atoms with Crippen LogP contribution in [0.5, 0.6) is 0 Å². The van der Waals surface area contributed by atoms with Crippen LogP contribution in [0.4, 0.5) is 11.4 Å². The minimum Gasteiger partial charge on any atom is -0.412 e. The van der Waals surface area contributed by atoms with Gasteiger partial charge < -0.3 is 16.3 Å². The number of aliphatic imine (C=N–C) groups is 1. The van der Waals surface area contributed by atoms with Gasteiger partial charge >= 0.3 is 0 Å². The molecule has 16 heavy (non-hydrogen) atoms. The van der Waals surface area contributed by atoms with E-state index in [0.29, 0.717) is 0 Å². The molecular formula is C12H18N2O2. The van der Waals surface area contributed by atoms with Gasteiger partial charge in [0.2, 0.25) is 0 Å². The SMILES string of the molecule is CC1=CC(C)=Nc2ccc(C)cc2N1.O.O. The molecule has 0 saturated carbocycles. The number of hydrogen-bond donors (Lipinski definition) is 1. The number of nitrogens with one attached hydrogen (secondary N) is 1. The van der Waals surface area contributed by atoms with Gasteiger partial charge in [-0.3, -0.25) is 4.99 Å². The Labute approximate surface area is 95.3 Å². The minimum atomic E-state index is 0. The zero-order valence-electron chi connectivity index (χ0n) is 9.76. The molecule has 1 aromatic rings. The Morgan fingerprint density at radius 1 is 1.06 bits per heavy atom. The first-order valence-corrected chi connectivity index (χ1v) is 4.76. The molecule has 0 radical (unpaired) electrons. The number of rotatable bonds is 0. The third-order valence-corrected chi connectivity index (χ3v) is 2.21. The van der Waals surface area contributed by atoms with E-state index < -0.39 is 0 Å². The molecule has 0 amide bonds. The lowest BCUT2D eigenvalue weighted by molar-refractivity contribution is 0.823. The molecule has 88 valence electrons. The van der Waals surface area contributed by atoms with Crippen molar-refractivity contribution in [3.05, 3.63) is 35.5 Å². The van der Waals surface area contributed by atoms with Crippen LogP contribution in [0.3, 0.4) is 0 Å². The molecule has 0 atom stereocenters. The lowest BCUT2D eigenvalue weighted by atomic mass is 10.2. The second kappa shape index (κ2) is 5.44. The van der Waals surface area contributed by atoms with Gasteiger partial charge in [-0.1, -0.05) is 6.07 Å². The molecule has 0 bridgehead atoms. The van der Waals surface area contributed by atoms with E-state index in [1.54, 1.807) is 0 Å². The summed E-state index contributed by atoms with van der Waals surface area (Å²) in [5, 5.41) is 3.34. The second-order valence-electron chi connectivity index (χ2n) is 3.73. The Bertz CT molecular complexity index is 437.